The highest BCUT2D eigenvalue weighted by Crippen LogP contribution is 2.24. The first kappa shape index (κ1) is 19.2. The highest BCUT2D eigenvalue weighted by molar-refractivity contribution is 7.89. The van der Waals surface area contributed by atoms with Crippen LogP contribution in [0, 0.1) is 6.92 Å². The molecule has 2 aromatic carbocycles. The molecule has 2 N–H and O–H groups in total. The third-order valence-corrected chi connectivity index (χ3v) is 5.26. The summed E-state index contributed by atoms with van der Waals surface area (Å²) in [4.78, 5) is 12.2. The summed E-state index contributed by atoms with van der Waals surface area (Å²) in [7, 11) is -2.54. The summed E-state index contributed by atoms with van der Waals surface area (Å²) in [6.07, 6.45) is 0. The maximum atomic E-state index is 12.6. The van der Waals surface area contributed by atoms with E-state index >= 15 is 0 Å². The molecule has 0 unspecified atom stereocenters. The Kier molecular flexibility index (Phi) is 6.05. The molecule has 0 aliphatic rings. The quantitative estimate of drug-likeness (QED) is 0.804. The van der Waals surface area contributed by atoms with Crippen LogP contribution in [0.3, 0.4) is 0 Å². The standard InChI is InChI=1S/C17H19ClN2O4S/c1-11-4-9-15(24-3)16(10-11)25(22,23)20-12(2)17(21)19-14-7-5-13(18)6-8-14/h4-10,12,20H,1-3H3,(H,19,21)/t12-/m1/s1. The van der Waals surface area contributed by atoms with Crippen molar-refractivity contribution in [2.24, 2.45) is 0 Å². The van der Waals surface area contributed by atoms with Crippen LogP contribution in [0.5, 0.6) is 5.75 Å². The minimum absolute atomic E-state index is 0.0128. The van der Waals surface area contributed by atoms with E-state index in [-0.39, 0.29) is 10.6 Å². The van der Waals surface area contributed by atoms with Crippen LogP contribution in [0.4, 0.5) is 5.69 Å². The van der Waals surface area contributed by atoms with Crippen molar-refractivity contribution >= 4 is 33.2 Å². The summed E-state index contributed by atoms with van der Waals surface area (Å²) in [5.74, 6) is -0.277. The van der Waals surface area contributed by atoms with Crippen LogP contribution in [-0.4, -0.2) is 27.5 Å². The summed E-state index contributed by atoms with van der Waals surface area (Å²) in [5.41, 5.74) is 1.29. The summed E-state index contributed by atoms with van der Waals surface area (Å²) >= 11 is 5.79. The summed E-state index contributed by atoms with van der Waals surface area (Å²) in [6, 6.07) is 10.3. The summed E-state index contributed by atoms with van der Waals surface area (Å²) in [5, 5.41) is 3.17. The van der Waals surface area contributed by atoms with Crippen molar-refractivity contribution in [3.05, 3.63) is 53.1 Å². The van der Waals surface area contributed by atoms with E-state index in [0.29, 0.717) is 10.7 Å². The molecule has 25 heavy (non-hydrogen) atoms. The van der Waals surface area contributed by atoms with E-state index in [0.717, 1.165) is 5.56 Å². The van der Waals surface area contributed by atoms with Crippen molar-refractivity contribution in [1.82, 2.24) is 4.72 Å². The SMILES string of the molecule is COc1ccc(C)cc1S(=O)(=O)N[C@H](C)C(=O)Nc1ccc(Cl)cc1. The monoisotopic (exact) mass is 382 g/mol. The zero-order valence-electron chi connectivity index (χ0n) is 14.0. The number of aryl methyl sites for hydroxylation is 1. The number of nitrogens with one attached hydrogen (secondary N) is 2. The van der Waals surface area contributed by atoms with Gasteiger partial charge in [-0.15, -0.1) is 0 Å². The molecule has 0 aromatic heterocycles. The van der Waals surface area contributed by atoms with Gasteiger partial charge in [0.05, 0.1) is 13.2 Å². The number of anilines is 1. The number of carbonyl (C=O) groups excluding carboxylic acids is 1. The number of methoxy groups -OCH3 is 1. The van der Waals surface area contributed by atoms with Crippen LogP contribution in [0.15, 0.2) is 47.4 Å². The Labute approximate surface area is 152 Å². The molecule has 2 rings (SSSR count). The smallest absolute Gasteiger partial charge is 0.244 e. The Morgan fingerprint density at radius 1 is 1.16 bits per heavy atom. The topological polar surface area (TPSA) is 84.5 Å². The van der Waals surface area contributed by atoms with Gasteiger partial charge in [-0.3, -0.25) is 4.79 Å². The normalized spacial score (nSPS) is 12.5. The molecular formula is C17H19ClN2O4S. The second-order valence-corrected chi connectivity index (χ2v) is 7.61. The van der Waals surface area contributed by atoms with Crippen molar-refractivity contribution in [2.45, 2.75) is 24.8 Å². The molecule has 6 nitrogen and oxygen atoms in total. The molecular weight excluding hydrogens is 364 g/mol. The van der Waals surface area contributed by atoms with Gasteiger partial charge in [0.2, 0.25) is 15.9 Å². The van der Waals surface area contributed by atoms with Gasteiger partial charge >= 0.3 is 0 Å². The molecule has 0 heterocycles. The third-order valence-electron chi connectivity index (χ3n) is 3.45. The fourth-order valence-electron chi connectivity index (χ4n) is 2.13. The average Bonchev–Trinajstić information content (AvgIpc) is 2.56. The highest BCUT2D eigenvalue weighted by Gasteiger charge is 2.25. The van der Waals surface area contributed by atoms with Crippen LogP contribution >= 0.6 is 11.6 Å². The Hall–Kier alpha value is -2.09. The van der Waals surface area contributed by atoms with E-state index in [1.165, 1.54) is 20.1 Å². The van der Waals surface area contributed by atoms with Gasteiger partial charge < -0.3 is 10.1 Å². The lowest BCUT2D eigenvalue weighted by Gasteiger charge is -2.16. The van der Waals surface area contributed by atoms with Crippen LogP contribution in [0.2, 0.25) is 5.02 Å². The van der Waals surface area contributed by atoms with E-state index in [9.17, 15) is 13.2 Å². The fourth-order valence-corrected chi connectivity index (χ4v) is 3.71. The minimum Gasteiger partial charge on any atom is -0.495 e. The maximum absolute atomic E-state index is 12.6. The molecule has 0 aliphatic carbocycles. The number of sulfonamides is 1. The van der Waals surface area contributed by atoms with Gasteiger partial charge in [0, 0.05) is 10.7 Å². The lowest BCUT2D eigenvalue weighted by molar-refractivity contribution is -0.117. The molecule has 0 aliphatic heterocycles. The molecule has 0 saturated carbocycles. The van der Waals surface area contributed by atoms with Gasteiger partial charge in [0.25, 0.3) is 0 Å². The fraction of sp³-hybridized carbons (Fsp3) is 0.235. The first-order valence-electron chi connectivity index (χ1n) is 7.46. The predicted molar refractivity (Wildman–Crippen MR) is 97.6 cm³/mol. The molecule has 1 amide bonds. The van der Waals surface area contributed by atoms with Crippen molar-refractivity contribution < 1.29 is 17.9 Å². The molecule has 8 heteroatoms. The molecule has 0 bridgehead atoms. The van der Waals surface area contributed by atoms with Crippen molar-refractivity contribution in [3.63, 3.8) is 0 Å². The van der Waals surface area contributed by atoms with E-state index in [2.05, 4.69) is 10.0 Å². The molecule has 1 atom stereocenters. The van der Waals surface area contributed by atoms with E-state index in [4.69, 9.17) is 16.3 Å². The van der Waals surface area contributed by atoms with E-state index in [1.807, 2.05) is 0 Å². The molecule has 0 fully saturated rings. The Morgan fingerprint density at radius 2 is 1.80 bits per heavy atom. The van der Waals surface area contributed by atoms with Crippen LogP contribution in [0.1, 0.15) is 12.5 Å². The predicted octanol–water partition coefficient (Wildman–Crippen LogP) is 2.96. The lowest BCUT2D eigenvalue weighted by Crippen LogP contribution is -2.41. The lowest BCUT2D eigenvalue weighted by atomic mass is 10.2. The highest BCUT2D eigenvalue weighted by atomic mass is 35.5. The van der Waals surface area contributed by atoms with Gasteiger partial charge in [-0.05, 0) is 55.8 Å². The number of hydrogen-bond acceptors (Lipinski definition) is 4. The Bertz CT molecular complexity index is 867. The summed E-state index contributed by atoms with van der Waals surface area (Å²) < 4.78 is 32.6. The Balaban J connectivity index is 2.15. The second kappa shape index (κ2) is 7.86. The number of ether oxygens (including phenoxy) is 1. The van der Waals surface area contributed by atoms with Gasteiger partial charge in [0.1, 0.15) is 10.6 Å². The van der Waals surface area contributed by atoms with Crippen LogP contribution < -0.4 is 14.8 Å². The Morgan fingerprint density at radius 3 is 2.40 bits per heavy atom. The van der Waals surface area contributed by atoms with E-state index in [1.54, 1.807) is 43.3 Å². The zero-order chi connectivity index (χ0) is 18.6. The van der Waals surface area contributed by atoms with Crippen LogP contribution in [-0.2, 0) is 14.8 Å². The molecule has 134 valence electrons. The van der Waals surface area contributed by atoms with Gasteiger partial charge in [-0.1, -0.05) is 17.7 Å². The first-order valence-corrected chi connectivity index (χ1v) is 9.32. The number of carbonyl (C=O) groups is 1. The molecule has 0 spiro atoms. The number of hydrogen-bond donors (Lipinski definition) is 2. The van der Waals surface area contributed by atoms with Crippen molar-refractivity contribution in [1.29, 1.82) is 0 Å². The van der Waals surface area contributed by atoms with Gasteiger partial charge in [-0.25, -0.2) is 8.42 Å². The van der Waals surface area contributed by atoms with Gasteiger partial charge in [-0.2, -0.15) is 4.72 Å². The number of rotatable bonds is 6. The van der Waals surface area contributed by atoms with Gasteiger partial charge in [0.15, 0.2) is 0 Å². The van der Waals surface area contributed by atoms with Crippen molar-refractivity contribution in [3.8, 4) is 5.75 Å². The molecule has 0 radical (unpaired) electrons. The summed E-state index contributed by atoms with van der Waals surface area (Å²) in [6.45, 7) is 3.24. The van der Waals surface area contributed by atoms with Crippen LogP contribution in [0.25, 0.3) is 0 Å². The number of benzene rings is 2. The second-order valence-electron chi connectivity index (χ2n) is 5.49. The largest absolute Gasteiger partial charge is 0.495 e. The zero-order valence-corrected chi connectivity index (χ0v) is 15.6. The minimum atomic E-state index is -3.93. The van der Waals surface area contributed by atoms with Crippen molar-refractivity contribution in [2.75, 3.05) is 12.4 Å². The average molecular weight is 383 g/mol. The maximum Gasteiger partial charge on any atom is 0.244 e. The number of halogens is 1. The molecule has 2 aromatic rings. The number of amides is 1. The third kappa shape index (κ3) is 4.94. The van der Waals surface area contributed by atoms with E-state index < -0.39 is 22.0 Å². The molecule has 0 saturated heterocycles. The first-order chi connectivity index (χ1) is 11.7.